The third-order valence-corrected chi connectivity index (χ3v) is 26.5. The molecule has 9 heterocycles. The maximum absolute atomic E-state index is 13.9. The number of carbonyl (C=O) groups excluding carboxylic acids is 5. The van der Waals surface area contributed by atoms with E-state index >= 15 is 0 Å². The first kappa shape index (κ1) is 96.5. The highest BCUT2D eigenvalue weighted by Gasteiger charge is 2.52. The van der Waals surface area contributed by atoms with Crippen LogP contribution in [0.5, 0.6) is 0 Å². The van der Waals surface area contributed by atoms with Gasteiger partial charge in [0.05, 0.1) is 59.5 Å². The minimum Gasteiger partial charge on any atom is -0.479 e. The molecule has 3 fully saturated rings. The minimum absolute atomic E-state index is 0.0140. The largest absolute Gasteiger partial charge is 0.479 e. The van der Waals surface area contributed by atoms with Crippen LogP contribution in [0.1, 0.15) is 357 Å². The van der Waals surface area contributed by atoms with Crippen LogP contribution in [0.15, 0.2) is 73.2 Å². The van der Waals surface area contributed by atoms with E-state index < -0.39 is 47.6 Å². The Morgan fingerprint density at radius 1 is 0.500 bits per heavy atom. The van der Waals surface area contributed by atoms with E-state index in [2.05, 4.69) is 124 Å². The van der Waals surface area contributed by atoms with Crippen LogP contribution in [-0.4, -0.2) is 146 Å². The summed E-state index contributed by atoms with van der Waals surface area (Å²) in [6.45, 7) is 43.3. The van der Waals surface area contributed by atoms with E-state index in [4.69, 9.17) is 53.9 Å². The van der Waals surface area contributed by atoms with Gasteiger partial charge in [-0.05, 0) is 245 Å². The van der Waals surface area contributed by atoms with Crippen molar-refractivity contribution in [1.29, 1.82) is 15.8 Å². The maximum Gasteiger partial charge on any atom is 0.338 e. The molecule has 12 rings (SSSR count). The SMILES string of the molecule is CC1(C)CC=C(c2nc(C3CC(C)(C)OC(C)(C(=O)O)C3)ccc2CC(=O)c2ncc(C#N)[nH]2)CC1.CCCCOC(=O)C1(C)CC(c2ccc(CC(=O)c3nc(C#N)cn3COCC[Si](C)(C)C)c(C3=CCC(C)(C)CC3)n2)CC(C)(C)O1.CCCCOC(=O)C1(C)CC(c2ccc(CC(=O)c3ncc(C#N)[nH]3)c(C3=CCC(C)(C)CC3)n2)CC(C)(C)O1. The number of allylic oxidation sites excluding steroid dienone is 6. The van der Waals surface area contributed by atoms with Gasteiger partial charge in [-0.1, -0.05) is 124 Å². The molecule has 0 bridgehead atoms. The van der Waals surface area contributed by atoms with Gasteiger partial charge in [0.2, 0.25) is 17.3 Å². The van der Waals surface area contributed by atoms with Crippen LogP contribution in [0.2, 0.25) is 25.7 Å². The molecule has 0 saturated carbocycles. The fourth-order valence-electron chi connectivity index (χ4n) is 17.9. The number of carbonyl (C=O) groups is 6. The number of pyridine rings is 3. The number of nitriles is 3. The summed E-state index contributed by atoms with van der Waals surface area (Å²) in [4.78, 5) is 112. The quantitative estimate of drug-likeness (QED) is 0.0170. The number of nitrogens with one attached hydrogen (secondary N) is 2. The second kappa shape index (κ2) is 39.4. The number of Topliss-reactive ketones (excluding diaryl/α,β-unsaturated/α-hetero) is 3. The molecule has 6 aromatic heterocycles. The summed E-state index contributed by atoms with van der Waals surface area (Å²) in [5, 5.41) is 37.6. The van der Waals surface area contributed by atoms with Crippen molar-refractivity contribution in [1.82, 2.24) is 44.4 Å². The predicted octanol–water partition coefficient (Wildman–Crippen LogP) is 19.9. The van der Waals surface area contributed by atoms with Crippen molar-refractivity contribution in [2.45, 2.75) is 343 Å². The summed E-state index contributed by atoms with van der Waals surface area (Å²) in [5.41, 5.74) is 7.12. The average Bonchev–Trinajstić information content (AvgIpc) is 0.834. The first-order valence-electron chi connectivity index (χ1n) is 44.4. The van der Waals surface area contributed by atoms with Crippen LogP contribution >= 0.6 is 0 Å². The molecule has 6 aliphatic rings. The summed E-state index contributed by atoms with van der Waals surface area (Å²) in [7, 11) is -1.27. The Balaban J connectivity index is 0.000000197. The van der Waals surface area contributed by atoms with Crippen molar-refractivity contribution in [3.8, 4) is 18.2 Å². The Morgan fingerprint density at radius 3 is 1.19 bits per heavy atom. The Kier molecular flexibility index (Phi) is 30.7. The molecular weight excluding hydrogens is 1580 g/mol. The van der Waals surface area contributed by atoms with Crippen LogP contribution in [-0.2, 0) is 68.8 Å². The van der Waals surface area contributed by atoms with E-state index in [1.165, 1.54) is 12.4 Å². The van der Waals surface area contributed by atoms with Gasteiger partial charge in [0.15, 0.2) is 40.0 Å². The van der Waals surface area contributed by atoms with Crippen LogP contribution in [0.4, 0.5) is 0 Å². The highest BCUT2D eigenvalue weighted by molar-refractivity contribution is 6.76. The van der Waals surface area contributed by atoms with Gasteiger partial charge in [-0.15, -0.1) is 0 Å². The van der Waals surface area contributed by atoms with Crippen molar-refractivity contribution in [3.05, 3.63) is 159 Å². The maximum atomic E-state index is 13.9. The van der Waals surface area contributed by atoms with Crippen LogP contribution in [0.25, 0.3) is 16.7 Å². The summed E-state index contributed by atoms with van der Waals surface area (Å²) in [5.74, 6) is -1.82. The summed E-state index contributed by atoms with van der Waals surface area (Å²) in [6, 6.07) is 18.9. The van der Waals surface area contributed by atoms with Crippen LogP contribution in [0.3, 0.4) is 0 Å². The molecule has 3 saturated heterocycles. The number of unbranched alkanes of at least 4 members (excludes halogenated alkanes) is 2. The average molecular weight is 1710 g/mol. The zero-order chi connectivity index (χ0) is 90.8. The minimum atomic E-state index is -1.30. The number of H-pyrrole nitrogens is 2. The molecule has 0 spiro atoms. The normalized spacial score (nSPS) is 23.4. The Labute approximate surface area is 734 Å². The van der Waals surface area contributed by atoms with E-state index in [0.29, 0.717) is 58.3 Å². The second-order valence-corrected chi connectivity index (χ2v) is 46.7. The monoisotopic (exact) mass is 1710 g/mol. The second-order valence-electron chi connectivity index (χ2n) is 41.1. The van der Waals surface area contributed by atoms with E-state index in [1.807, 2.05) is 104 Å². The molecule has 3 aliphatic carbocycles. The fourth-order valence-corrected chi connectivity index (χ4v) is 18.6. The zero-order valence-electron chi connectivity index (χ0n) is 77.1. The standard InChI is InChI=1S/C38H56N4O5Si.C32H42N4O4.C28H34N4O4/c1-10-11-18-46-35(44)38(6)23-29(22-37(4,5)47-38)31-13-12-28(33(41-31)27-14-16-36(2,3)17-15-27)21-32(43)34-40-30(24-39)25-42(34)26-45-19-20-48(7,8)9;1-7-8-15-39-29(38)32(6)18-23(17-31(4,5)40-32)25-10-9-22(16-26(37)28-34-20-24(19-33)35-28)27(36-25)21-11-13-30(2,3)14-12-21;1-26(2)10-8-17(9-11-26)23-18(12-22(33)24-30-16-20(15-29)31-24)6-7-21(32-23)19-13-27(3,4)36-28(5,14-19)25(34)35/h12-14,25,29H,10-11,15-23,26H2,1-9H3;9-11,20,23H,7-8,12-18H2,1-6H3,(H,34,35);6-8,16,19H,9-14H2,1-5H3,(H,30,31)(H,34,35). The van der Waals surface area contributed by atoms with Gasteiger partial charge in [-0.25, -0.2) is 29.3 Å². The van der Waals surface area contributed by atoms with Crippen LogP contribution in [0, 0.1) is 50.2 Å². The molecule has 3 N–H and O–H groups in total. The number of imidazole rings is 3. The molecule has 6 unspecified atom stereocenters. The lowest BCUT2D eigenvalue weighted by Gasteiger charge is -2.45. The van der Waals surface area contributed by atoms with Crippen molar-refractivity contribution in [2.24, 2.45) is 16.2 Å². The van der Waals surface area contributed by atoms with E-state index in [-0.39, 0.29) is 124 Å². The number of aromatic nitrogens is 9. The molecule has 666 valence electrons. The van der Waals surface area contributed by atoms with Crippen molar-refractivity contribution in [3.63, 3.8) is 0 Å². The van der Waals surface area contributed by atoms with Gasteiger partial charge in [0.1, 0.15) is 36.3 Å². The van der Waals surface area contributed by atoms with Crippen molar-refractivity contribution in [2.75, 3.05) is 19.8 Å². The number of ether oxygens (including phenoxy) is 6. The Hall–Kier alpha value is -9.75. The number of aromatic amines is 2. The van der Waals surface area contributed by atoms with E-state index in [9.17, 15) is 39.1 Å². The van der Waals surface area contributed by atoms with Gasteiger partial charge in [0, 0.05) is 75.0 Å². The third kappa shape index (κ3) is 25.5. The Morgan fingerprint density at radius 2 is 0.863 bits per heavy atom. The van der Waals surface area contributed by atoms with Gasteiger partial charge in [-0.2, -0.15) is 15.8 Å². The molecule has 0 aromatic carbocycles. The molecule has 6 atom stereocenters. The number of aliphatic carboxylic acids is 1. The number of ketones is 3. The number of carboxylic acid groups (broad SMARTS) is 1. The topological polar surface area (TPSA) is 363 Å². The molecule has 0 amide bonds. The number of hydrogen-bond donors (Lipinski definition) is 3. The molecule has 124 heavy (non-hydrogen) atoms. The summed E-state index contributed by atoms with van der Waals surface area (Å²) >= 11 is 0. The molecule has 6 aromatic rings. The van der Waals surface area contributed by atoms with Crippen LogP contribution < -0.4 is 0 Å². The highest BCUT2D eigenvalue weighted by atomic mass is 28.3. The smallest absolute Gasteiger partial charge is 0.338 e. The number of carboxylic acids is 1. The molecule has 25 nitrogen and oxygen atoms in total. The van der Waals surface area contributed by atoms with E-state index in [0.717, 1.165) is 157 Å². The highest BCUT2D eigenvalue weighted by Crippen LogP contribution is 2.50. The molecule has 0 radical (unpaired) electrons. The molecular formula is C98H132N12O13Si. The van der Waals surface area contributed by atoms with Gasteiger partial charge in [0.25, 0.3) is 0 Å². The Bertz CT molecular complexity index is 5140. The van der Waals surface area contributed by atoms with Gasteiger partial charge >= 0.3 is 17.9 Å². The molecule has 3 aliphatic heterocycles. The fraction of sp³-hybridized carbons (Fsp3) is 0.602. The lowest BCUT2D eigenvalue weighted by atomic mass is 9.76. The van der Waals surface area contributed by atoms with Gasteiger partial charge in [-0.3, -0.25) is 29.3 Å². The summed E-state index contributed by atoms with van der Waals surface area (Å²) < 4.78 is 37.5. The number of rotatable bonds is 29. The van der Waals surface area contributed by atoms with E-state index in [1.54, 1.807) is 17.7 Å². The predicted molar refractivity (Wildman–Crippen MR) is 477 cm³/mol. The van der Waals surface area contributed by atoms with Crippen molar-refractivity contribution < 1.29 is 62.3 Å². The first-order chi connectivity index (χ1) is 58.1. The molecule has 26 heteroatoms. The van der Waals surface area contributed by atoms with Crippen molar-refractivity contribution >= 4 is 60.1 Å². The number of nitrogens with zero attached hydrogens (tertiary/aromatic N) is 10. The number of hydrogen-bond acceptors (Lipinski definition) is 21. The number of esters is 2. The third-order valence-electron chi connectivity index (χ3n) is 24.8. The zero-order valence-corrected chi connectivity index (χ0v) is 78.1. The van der Waals surface area contributed by atoms with Gasteiger partial charge < -0.3 is 48.1 Å². The lowest BCUT2D eigenvalue weighted by molar-refractivity contribution is -0.205. The summed E-state index contributed by atoms with van der Waals surface area (Å²) in [6.07, 6.45) is 26.7. The lowest BCUT2D eigenvalue weighted by Crippen LogP contribution is -2.52. The first-order valence-corrected chi connectivity index (χ1v) is 48.1.